The van der Waals surface area contributed by atoms with Gasteiger partial charge in [0, 0.05) is 10.4 Å². The van der Waals surface area contributed by atoms with Crippen LogP contribution in [0.3, 0.4) is 0 Å². The molecule has 0 fully saturated rings. The molecule has 0 radical (unpaired) electrons. The molecule has 0 saturated heterocycles. The van der Waals surface area contributed by atoms with E-state index in [1.165, 1.54) is 17.7 Å². The molecule has 0 unspecified atom stereocenters. The van der Waals surface area contributed by atoms with Crippen LogP contribution in [0.1, 0.15) is 9.67 Å². The van der Waals surface area contributed by atoms with Crippen molar-refractivity contribution in [3.8, 4) is 21.8 Å². The van der Waals surface area contributed by atoms with Crippen molar-refractivity contribution in [2.24, 2.45) is 0 Å². The van der Waals surface area contributed by atoms with Gasteiger partial charge in [-0.15, -0.1) is 11.3 Å². The SMILES string of the molecule is O=C(Nc1ccccc1-c1ncn[nH]1)c1ccc(-c2ccccc2)s1. The Labute approximate surface area is 148 Å². The molecule has 25 heavy (non-hydrogen) atoms. The number of aromatic amines is 1. The second-order valence-corrected chi connectivity index (χ2v) is 6.45. The first-order valence-electron chi connectivity index (χ1n) is 7.72. The van der Waals surface area contributed by atoms with E-state index in [9.17, 15) is 4.79 Å². The van der Waals surface area contributed by atoms with Crippen LogP contribution in [0, 0.1) is 0 Å². The highest BCUT2D eigenvalue weighted by Gasteiger charge is 2.14. The van der Waals surface area contributed by atoms with Gasteiger partial charge in [-0.1, -0.05) is 42.5 Å². The summed E-state index contributed by atoms with van der Waals surface area (Å²) in [4.78, 5) is 18.5. The number of para-hydroxylation sites is 1. The van der Waals surface area contributed by atoms with Crippen LogP contribution in [-0.2, 0) is 0 Å². The molecular formula is C19H14N4OS. The third kappa shape index (κ3) is 3.20. The molecule has 0 aliphatic rings. The number of thiophene rings is 1. The lowest BCUT2D eigenvalue weighted by atomic mass is 10.1. The standard InChI is InChI=1S/C19H14N4OS/c24-19(17-11-10-16(25-17)13-6-2-1-3-7-13)22-15-9-5-4-8-14(15)18-20-12-21-23-18/h1-12H,(H,22,24)(H,20,21,23). The number of rotatable bonds is 4. The van der Waals surface area contributed by atoms with Crippen LogP contribution < -0.4 is 5.32 Å². The van der Waals surface area contributed by atoms with E-state index in [0.717, 1.165) is 16.0 Å². The molecular weight excluding hydrogens is 332 g/mol. The fourth-order valence-corrected chi connectivity index (χ4v) is 3.44. The first-order valence-corrected chi connectivity index (χ1v) is 8.54. The van der Waals surface area contributed by atoms with Gasteiger partial charge in [-0.25, -0.2) is 4.98 Å². The van der Waals surface area contributed by atoms with Gasteiger partial charge in [-0.2, -0.15) is 5.10 Å². The van der Waals surface area contributed by atoms with Gasteiger partial charge in [0.05, 0.1) is 10.6 Å². The maximum absolute atomic E-state index is 12.6. The van der Waals surface area contributed by atoms with Crippen molar-refractivity contribution < 1.29 is 4.79 Å². The number of aromatic nitrogens is 3. The maximum atomic E-state index is 12.6. The summed E-state index contributed by atoms with van der Waals surface area (Å²) in [6.07, 6.45) is 1.44. The fourth-order valence-electron chi connectivity index (χ4n) is 2.54. The molecule has 2 aromatic heterocycles. The van der Waals surface area contributed by atoms with E-state index >= 15 is 0 Å². The predicted octanol–water partition coefficient (Wildman–Crippen LogP) is 4.45. The van der Waals surface area contributed by atoms with Gasteiger partial charge in [-0.05, 0) is 29.8 Å². The normalized spacial score (nSPS) is 10.6. The van der Waals surface area contributed by atoms with Crippen LogP contribution in [0.4, 0.5) is 5.69 Å². The van der Waals surface area contributed by atoms with Crippen molar-refractivity contribution in [1.29, 1.82) is 0 Å². The van der Waals surface area contributed by atoms with Gasteiger partial charge in [0.25, 0.3) is 5.91 Å². The molecule has 5 nitrogen and oxygen atoms in total. The molecule has 6 heteroatoms. The molecule has 0 aliphatic heterocycles. The van der Waals surface area contributed by atoms with Crippen LogP contribution in [-0.4, -0.2) is 21.1 Å². The van der Waals surface area contributed by atoms with Crippen LogP contribution in [0.5, 0.6) is 0 Å². The van der Waals surface area contributed by atoms with Gasteiger partial charge in [-0.3, -0.25) is 9.89 Å². The zero-order valence-electron chi connectivity index (χ0n) is 13.1. The molecule has 0 spiro atoms. The summed E-state index contributed by atoms with van der Waals surface area (Å²) in [7, 11) is 0. The first kappa shape index (κ1) is 15.3. The number of H-pyrrole nitrogens is 1. The van der Waals surface area contributed by atoms with Crippen molar-refractivity contribution in [2.45, 2.75) is 0 Å². The van der Waals surface area contributed by atoms with Gasteiger partial charge < -0.3 is 5.32 Å². The van der Waals surface area contributed by atoms with Crippen LogP contribution in [0.15, 0.2) is 73.1 Å². The largest absolute Gasteiger partial charge is 0.321 e. The van der Waals surface area contributed by atoms with Crippen LogP contribution in [0.2, 0.25) is 0 Å². The second-order valence-electron chi connectivity index (χ2n) is 5.36. The van der Waals surface area contributed by atoms with E-state index in [4.69, 9.17) is 0 Å². The quantitative estimate of drug-likeness (QED) is 0.573. The number of amides is 1. The highest BCUT2D eigenvalue weighted by atomic mass is 32.1. The lowest BCUT2D eigenvalue weighted by molar-refractivity contribution is 0.103. The summed E-state index contributed by atoms with van der Waals surface area (Å²) in [6, 6.07) is 21.3. The zero-order chi connectivity index (χ0) is 17.1. The number of hydrogen-bond donors (Lipinski definition) is 2. The van der Waals surface area contributed by atoms with Crippen molar-refractivity contribution in [1.82, 2.24) is 15.2 Å². The third-order valence-corrected chi connectivity index (χ3v) is 4.87. The lowest BCUT2D eigenvalue weighted by Crippen LogP contribution is -2.11. The number of benzene rings is 2. The summed E-state index contributed by atoms with van der Waals surface area (Å²) in [5, 5.41) is 9.65. The Hall–Kier alpha value is -3.25. The molecule has 0 saturated carbocycles. The maximum Gasteiger partial charge on any atom is 0.265 e. The number of anilines is 1. The average molecular weight is 346 g/mol. The Morgan fingerprint density at radius 3 is 2.56 bits per heavy atom. The number of carbonyl (C=O) groups excluding carboxylic acids is 1. The van der Waals surface area contributed by atoms with E-state index in [-0.39, 0.29) is 5.91 Å². The molecule has 2 heterocycles. The fraction of sp³-hybridized carbons (Fsp3) is 0. The highest BCUT2D eigenvalue weighted by molar-refractivity contribution is 7.17. The second kappa shape index (κ2) is 6.70. The number of carbonyl (C=O) groups is 1. The molecule has 2 N–H and O–H groups in total. The number of hydrogen-bond acceptors (Lipinski definition) is 4. The third-order valence-electron chi connectivity index (χ3n) is 3.73. The Kier molecular flexibility index (Phi) is 4.10. The minimum absolute atomic E-state index is 0.140. The van der Waals surface area contributed by atoms with Crippen molar-refractivity contribution in [3.63, 3.8) is 0 Å². The van der Waals surface area contributed by atoms with E-state index in [2.05, 4.69) is 20.5 Å². The van der Waals surface area contributed by atoms with Gasteiger partial charge in [0.1, 0.15) is 6.33 Å². The van der Waals surface area contributed by atoms with Crippen LogP contribution in [0.25, 0.3) is 21.8 Å². The lowest BCUT2D eigenvalue weighted by Gasteiger charge is -2.08. The molecule has 1 amide bonds. The molecule has 2 aromatic carbocycles. The summed E-state index contributed by atoms with van der Waals surface area (Å²) in [6.45, 7) is 0. The van der Waals surface area contributed by atoms with E-state index in [1.807, 2.05) is 66.7 Å². The minimum atomic E-state index is -0.140. The Morgan fingerprint density at radius 1 is 0.960 bits per heavy atom. The molecule has 0 bridgehead atoms. The summed E-state index contributed by atoms with van der Waals surface area (Å²) in [5.41, 5.74) is 2.60. The van der Waals surface area contributed by atoms with Gasteiger partial charge >= 0.3 is 0 Å². The molecule has 122 valence electrons. The van der Waals surface area contributed by atoms with Crippen LogP contribution >= 0.6 is 11.3 Å². The topological polar surface area (TPSA) is 70.7 Å². The smallest absolute Gasteiger partial charge is 0.265 e. The first-order chi connectivity index (χ1) is 12.3. The Bertz CT molecular complexity index is 993. The minimum Gasteiger partial charge on any atom is -0.321 e. The Morgan fingerprint density at radius 2 is 1.76 bits per heavy atom. The molecule has 4 rings (SSSR count). The van der Waals surface area contributed by atoms with Gasteiger partial charge in [0.2, 0.25) is 0 Å². The monoisotopic (exact) mass is 346 g/mol. The zero-order valence-corrected chi connectivity index (χ0v) is 14.0. The van der Waals surface area contributed by atoms with E-state index < -0.39 is 0 Å². The van der Waals surface area contributed by atoms with E-state index in [1.54, 1.807) is 0 Å². The number of nitrogens with zero attached hydrogens (tertiary/aromatic N) is 2. The molecule has 4 aromatic rings. The van der Waals surface area contributed by atoms with E-state index in [0.29, 0.717) is 16.4 Å². The molecule has 0 aliphatic carbocycles. The molecule has 0 atom stereocenters. The Balaban J connectivity index is 1.59. The summed E-state index contributed by atoms with van der Waals surface area (Å²) < 4.78 is 0. The average Bonchev–Trinajstić information content (AvgIpc) is 3.35. The van der Waals surface area contributed by atoms with Crippen molar-refractivity contribution >= 4 is 22.9 Å². The summed E-state index contributed by atoms with van der Waals surface area (Å²) >= 11 is 1.47. The highest BCUT2D eigenvalue weighted by Crippen LogP contribution is 2.29. The van der Waals surface area contributed by atoms with Crippen molar-refractivity contribution in [2.75, 3.05) is 5.32 Å². The number of nitrogens with one attached hydrogen (secondary N) is 2. The predicted molar refractivity (Wildman–Crippen MR) is 99.5 cm³/mol. The van der Waals surface area contributed by atoms with Crippen molar-refractivity contribution in [3.05, 3.63) is 77.9 Å². The summed E-state index contributed by atoms with van der Waals surface area (Å²) in [5.74, 6) is 0.478. The van der Waals surface area contributed by atoms with Gasteiger partial charge in [0.15, 0.2) is 5.82 Å².